The first-order chi connectivity index (χ1) is 11.8. The van der Waals surface area contributed by atoms with E-state index in [9.17, 15) is 18.5 Å². The molecule has 0 saturated carbocycles. The quantitative estimate of drug-likeness (QED) is 0.603. The molecule has 25 heavy (non-hydrogen) atoms. The van der Waals surface area contributed by atoms with Crippen LogP contribution in [0.15, 0.2) is 23.1 Å². The third kappa shape index (κ3) is 3.64. The van der Waals surface area contributed by atoms with Crippen LogP contribution in [0.25, 0.3) is 0 Å². The summed E-state index contributed by atoms with van der Waals surface area (Å²) in [5, 5.41) is 11.6. The van der Waals surface area contributed by atoms with Gasteiger partial charge in [-0.1, -0.05) is 13.8 Å². The van der Waals surface area contributed by atoms with Crippen LogP contribution >= 0.6 is 0 Å². The lowest BCUT2D eigenvalue weighted by molar-refractivity contribution is -0.384. The highest BCUT2D eigenvalue weighted by atomic mass is 32.2. The number of nitrogens with zero attached hydrogens (tertiary/aromatic N) is 3. The van der Waals surface area contributed by atoms with Crippen molar-refractivity contribution in [2.45, 2.75) is 38.0 Å². The number of benzene rings is 1. The third-order valence-electron chi connectivity index (χ3n) is 5.06. The Hall–Kier alpha value is -1.67. The maximum Gasteiger partial charge on any atom is 0.293 e. The van der Waals surface area contributed by atoms with Crippen molar-refractivity contribution in [2.24, 2.45) is 11.8 Å². The fraction of sp³-hybridized carbons (Fsp3) is 0.647. The average Bonchev–Trinajstić information content (AvgIpc) is 3.08. The smallest absolute Gasteiger partial charge is 0.293 e. The lowest BCUT2D eigenvalue weighted by atomic mass is 9.91. The molecule has 1 aromatic carbocycles. The van der Waals surface area contributed by atoms with Crippen molar-refractivity contribution in [1.82, 2.24) is 4.31 Å². The van der Waals surface area contributed by atoms with E-state index in [1.807, 2.05) is 4.90 Å². The van der Waals surface area contributed by atoms with Gasteiger partial charge in [0.05, 0.1) is 9.82 Å². The molecule has 2 heterocycles. The Bertz CT molecular complexity index is 749. The monoisotopic (exact) mass is 367 g/mol. The van der Waals surface area contributed by atoms with Crippen molar-refractivity contribution in [3.63, 3.8) is 0 Å². The van der Waals surface area contributed by atoms with Crippen LogP contribution < -0.4 is 4.90 Å². The van der Waals surface area contributed by atoms with Crippen LogP contribution in [0.1, 0.15) is 33.1 Å². The molecule has 1 aromatic rings. The highest BCUT2D eigenvalue weighted by Crippen LogP contribution is 2.35. The van der Waals surface area contributed by atoms with Gasteiger partial charge in [0.25, 0.3) is 5.69 Å². The van der Waals surface area contributed by atoms with Crippen molar-refractivity contribution in [3.8, 4) is 0 Å². The molecule has 0 aliphatic carbocycles. The topological polar surface area (TPSA) is 83.8 Å². The molecule has 7 nitrogen and oxygen atoms in total. The summed E-state index contributed by atoms with van der Waals surface area (Å²) >= 11 is 0. The number of anilines is 1. The van der Waals surface area contributed by atoms with E-state index in [1.165, 1.54) is 16.4 Å². The van der Waals surface area contributed by atoms with E-state index in [0.29, 0.717) is 30.6 Å². The third-order valence-corrected chi connectivity index (χ3v) is 6.95. The van der Waals surface area contributed by atoms with Crippen LogP contribution in [-0.2, 0) is 10.0 Å². The lowest BCUT2D eigenvalue weighted by Gasteiger charge is -2.36. The number of hydrogen-bond acceptors (Lipinski definition) is 5. The first-order valence-electron chi connectivity index (χ1n) is 8.82. The minimum absolute atomic E-state index is 0.0166. The van der Waals surface area contributed by atoms with Crippen molar-refractivity contribution in [3.05, 3.63) is 28.3 Å². The predicted octanol–water partition coefficient (Wildman–Crippen LogP) is 2.86. The Morgan fingerprint density at radius 3 is 2.28 bits per heavy atom. The Balaban J connectivity index is 1.97. The first kappa shape index (κ1) is 18.1. The highest BCUT2D eigenvalue weighted by Gasteiger charge is 2.32. The fourth-order valence-corrected chi connectivity index (χ4v) is 5.55. The molecule has 2 saturated heterocycles. The molecular weight excluding hydrogens is 342 g/mol. The van der Waals surface area contributed by atoms with Crippen molar-refractivity contribution >= 4 is 21.4 Å². The van der Waals surface area contributed by atoms with Crippen LogP contribution in [0.3, 0.4) is 0 Å². The summed E-state index contributed by atoms with van der Waals surface area (Å²) < 4.78 is 26.8. The zero-order valence-corrected chi connectivity index (χ0v) is 15.5. The van der Waals surface area contributed by atoms with Crippen LogP contribution in [0, 0.1) is 22.0 Å². The molecule has 0 spiro atoms. The summed E-state index contributed by atoms with van der Waals surface area (Å²) in [7, 11) is -3.65. The molecule has 2 fully saturated rings. The van der Waals surface area contributed by atoms with Crippen molar-refractivity contribution in [1.29, 1.82) is 0 Å². The molecular formula is C17H25N3O4S. The molecule has 0 unspecified atom stereocenters. The highest BCUT2D eigenvalue weighted by molar-refractivity contribution is 7.89. The van der Waals surface area contributed by atoms with Crippen LogP contribution in [0.5, 0.6) is 0 Å². The number of piperidine rings is 1. The van der Waals surface area contributed by atoms with E-state index < -0.39 is 14.9 Å². The number of hydrogen-bond donors (Lipinski definition) is 0. The van der Waals surface area contributed by atoms with Crippen LogP contribution in [0.2, 0.25) is 0 Å². The van der Waals surface area contributed by atoms with Crippen LogP contribution in [0.4, 0.5) is 11.4 Å². The number of nitro groups is 1. The van der Waals surface area contributed by atoms with E-state index in [2.05, 4.69) is 13.8 Å². The van der Waals surface area contributed by atoms with E-state index >= 15 is 0 Å². The summed E-state index contributed by atoms with van der Waals surface area (Å²) in [6, 6.07) is 4.35. The normalized spacial score (nSPS) is 25.3. The summed E-state index contributed by atoms with van der Waals surface area (Å²) in [5.41, 5.74) is 0.394. The van der Waals surface area contributed by atoms with Crippen molar-refractivity contribution in [2.75, 3.05) is 31.1 Å². The van der Waals surface area contributed by atoms with Gasteiger partial charge in [-0.3, -0.25) is 10.1 Å². The van der Waals surface area contributed by atoms with Gasteiger partial charge in [-0.25, -0.2) is 8.42 Å². The largest absolute Gasteiger partial charge is 0.365 e. The van der Waals surface area contributed by atoms with E-state index in [-0.39, 0.29) is 10.6 Å². The standard InChI is InChI=1S/C17H25N3O4S/c1-13-9-14(2)12-18(11-13)16-6-5-15(10-17(16)20(21)22)25(23,24)19-7-3-4-8-19/h5-6,10,13-14H,3-4,7-9,11-12H2,1-2H3/t13-,14+. The molecule has 8 heteroatoms. The summed E-state index contributed by atoms with van der Waals surface area (Å²) in [6.07, 6.45) is 2.78. The number of nitro benzene ring substituents is 1. The molecule has 0 aromatic heterocycles. The Morgan fingerprint density at radius 1 is 1.12 bits per heavy atom. The molecule has 0 radical (unpaired) electrons. The number of sulfonamides is 1. The van der Waals surface area contributed by atoms with Gasteiger partial charge >= 0.3 is 0 Å². The van der Waals surface area contributed by atoms with Crippen molar-refractivity contribution < 1.29 is 13.3 Å². The van der Waals surface area contributed by atoms with Gasteiger partial charge in [0.15, 0.2) is 0 Å². The predicted molar refractivity (Wildman–Crippen MR) is 96.2 cm³/mol. The van der Waals surface area contributed by atoms with Gasteiger partial charge in [-0.05, 0) is 43.2 Å². The molecule has 2 aliphatic heterocycles. The molecule has 0 amide bonds. The molecule has 138 valence electrons. The first-order valence-corrected chi connectivity index (χ1v) is 10.3. The van der Waals surface area contributed by atoms with Gasteiger partial charge in [-0.15, -0.1) is 0 Å². The van der Waals surface area contributed by atoms with Gasteiger partial charge in [0.1, 0.15) is 5.69 Å². The molecule has 0 N–H and O–H groups in total. The second-order valence-electron chi connectivity index (χ2n) is 7.37. The summed E-state index contributed by atoms with van der Waals surface area (Å²) in [6.45, 7) is 6.76. The molecule has 3 rings (SSSR count). The second-order valence-corrected chi connectivity index (χ2v) is 9.31. The summed E-state index contributed by atoms with van der Waals surface area (Å²) in [4.78, 5) is 13.2. The average molecular weight is 367 g/mol. The van der Waals surface area contributed by atoms with E-state index in [4.69, 9.17) is 0 Å². The van der Waals surface area contributed by atoms with E-state index in [0.717, 1.165) is 32.4 Å². The molecule has 2 aliphatic rings. The molecule has 0 bridgehead atoms. The van der Waals surface area contributed by atoms with Gasteiger partial charge in [0, 0.05) is 32.2 Å². The Kier molecular flexibility index (Phi) is 5.02. The second kappa shape index (κ2) is 6.92. The maximum absolute atomic E-state index is 12.7. The van der Waals surface area contributed by atoms with Gasteiger partial charge in [0.2, 0.25) is 10.0 Å². The minimum atomic E-state index is -3.65. The fourth-order valence-electron chi connectivity index (χ4n) is 4.01. The SMILES string of the molecule is C[C@@H]1C[C@H](C)CN(c2ccc(S(=O)(=O)N3CCCC3)cc2[N+](=O)[O-])C1. The van der Waals surface area contributed by atoms with Gasteiger partial charge < -0.3 is 4.90 Å². The number of rotatable bonds is 4. The Morgan fingerprint density at radius 2 is 1.72 bits per heavy atom. The zero-order chi connectivity index (χ0) is 18.2. The lowest BCUT2D eigenvalue weighted by Crippen LogP contribution is -2.39. The van der Waals surface area contributed by atoms with Gasteiger partial charge in [-0.2, -0.15) is 4.31 Å². The maximum atomic E-state index is 12.7. The zero-order valence-electron chi connectivity index (χ0n) is 14.7. The van der Waals surface area contributed by atoms with E-state index in [1.54, 1.807) is 6.07 Å². The van der Waals surface area contributed by atoms with Crippen LogP contribution in [-0.4, -0.2) is 43.8 Å². The Labute approximate surface area is 148 Å². The minimum Gasteiger partial charge on any atom is -0.365 e. The summed E-state index contributed by atoms with van der Waals surface area (Å²) in [5.74, 6) is 0.910. The molecule has 2 atom stereocenters.